The number of ether oxygens (including phenoxy) is 1. The molecule has 3 fully saturated rings. The predicted molar refractivity (Wildman–Crippen MR) is 112 cm³/mol. The number of aliphatic imine (C=N–C) groups is 1. The van der Waals surface area contributed by atoms with Crippen LogP contribution in [0.1, 0.15) is 45.4 Å². The van der Waals surface area contributed by atoms with Gasteiger partial charge >= 0.3 is 0 Å². The minimum atomic E-state index is -0.211. The second kappa shape index (κ2) is 10.3. The predicted octanol–water partition coefficient (Wildman–Crippen LogP) is 1.67. The van der Waals surface area contributed by atoms with Crippen LogP contribution in [0.3, 0.4) is 0 Å². The minimum absolute atomic E-state index is 0. The van der Waals surface area contributed by atoms with Crippen molar-refractivity contribution >= 4 is 29.9 Å². The van der Waals surface area contributed by atoms with Crippen molar-refractivity contribution in [1.29, 1.82) is 0 Å². The molecule has 146 valence electrons. The summed E-state index contributed by atoms with van der Waals surface area (Å²) in [5, 5.41) is 13.3. The lowest BCUT2D eigenvalue weighted by Crippen LogP contribution is -2.56. The van der Waals surface area contributed by atoms with Gasteiger partial charge < -0.3 is 20.1 Å². The number of nitrogens with one attached hydrogen (secondary N) is 1. The van der Waals surface area contributed by atoms with E-state index in [-0.39, 0.29) is 35.6 Å². The molecule has 0 radical (unpaired) electrons. The molecule has 0 bridgehead atoms. The lowest BCUT2D eigenvalue weighted by atomic mass is 9.80. The molecule has 2 heterocycles. The van der Waals surface area contributed by atoms with Gasteiger partial charge in [0, 0.05) is 38.3 Å². The molecule has 2 saturated heterocycles. The van der Waals surface area contributed by atoms with E-state index in [1.807, 2.05) is 0 Å². The van der Waals surface area contributed by atoms with Crippen LogP contribution >= 0.6 is 24.0 Å². The molecule has 0 aromatic carbocycles. The van der Waals surface area contributed by atoms with E-state index < -0.39 is 0 Å². The van der Waals surface area contributed by atoms with Crippen molar-refractivity contribution < 1.29 is 9.84 Å². The number of hydrogen-bond donors (Lipinski definition) is 2. The van der Waals surface area contributed by atoms with Crippen molar-refractivity contribution in [2.75, 3.05) is 52.5 Å². The molecular formula is C18H35IN4O2. The van der Waals surface area contributed by atoms with Crippen LogP contribution in [-0.2, 0) is 4.74 Å². The summed E-state index contributed by atoms with van der Waals surface area (Å²) in [5.74, 6) is 0.979. The highest BCUT2D eigenvalue weighted by Gasteiger charge is 2.38. The van der Waals surface area contributed by atoms with Gasteiger partial charge in [-0.3, -0.25) is 9.89 Å². The molecule has 3 aliphatic rings. The number of likely N-dealkylation sites (tertiary alicyclic amines) is 1. The first-order valence-electron chi connectivity index (χ1n) is 9.78. The van der Waals surface area contributed by atoms with Gasteiger partial charge in [0.2, 0.25) is 0 Å². The molecule has 6 nitrogen and oxygen atoms in total. The fraction of sp³-hybridized carbons (Fsp3) is 0.944. The Balaban J connectivity index is 0.00000225. The molecule has 3 rings (SSSR count). The zero-order valence-electron chi connectivity index (χ0n) is 15.6. The maximum Gasteiger partial charge on any atom is 0.194 e. The molecule has 0 aromatic rings. The zero-order chi connectivity index (χ0) is 16.8. The highest BCUT2D eigenvalue weighted by Crippen LogP contribution is 2.34. The number of β-amino-alcohol motifs (C(OH)–C–C–N with tert-alkyl or cyclic N) is 1. The van der Waals surface area contributed by atoms with Crippen LogP contribution in [0.5, 0.6) is 0 Å². The van der Waals surface area contributed by atoms with Crippen molar-refractivity contribution in [3.63, 3.8) is 0 Å². The van der Waals surface area contributed by atoms with E-state index in [9.17, 15) is 5.11 Å². The Labute approximate surface area is 169 Å². The van der Waals surface area contributed by atoms with Crippen LogP contribution in [-0.4, -0.2) is 85.0 Å². The fourth-order valence-electron chi connectivity index (χ4n) is 4.40. The maximum absolute atomic E-state index is 9.84. The quantitative estimate of drug-likeness (QED) is 0.375. The van der Waals surface area contributed by atoms with Gasteiger partial charge in [-0.05, 0) is 26.2 Å². The second-order valence-electron chi connectivity index (χ2n) is 7.44. The molecule has 2 N–H and O–H groups in total. The van der Waals surface area contributed by atoms with Gasteiger partial charge in [-0.1, -0.05) is 19.3 Å². The highest BCUT2D eigenvalue weighted by atomic mass is 127. The van der Waals surface area contributed by atoms with Crippen LogP contribution in [0.25, 0.3) is 0 Å². The Morgan fingerprint density at radius 2 is 1.92 bits per heavy atom. The summed E-state index contributed by atoms with van der Waals surface area (Å²) in [6, 6.07) is 0. The maximum atomic E-state index is 9.84. The number of aliphatic hydroxyl groups is 1. The van der Waals surface area contributed by atoms with Crippen LogP contribution in [0.2, 0.25) is 0 Å². The smallest absolute Gasteiger partial charge is 0.194 e. The fourth-order valence-corrected chi connectivity index (χ4v) is 4.40. The third-order valence-corrected chi connectivity index (χ3v) is 5.79. The number of aliphatic hydroxyl groups excluding tert-OH is 1. The summed E-state index contributed by atoms with van der Waals surface area (Å²) in [6.07, 6.45) is 7.11. The molecule has 0 unspecified atom stereocenters. The monoisotopic (exact) mass is 466 g/mol. The summed E-state index contributed by atoms with van der Waals surface area (Å²) in [5.41, 5.74) is 0.209. The van der Waals surface area contributed by atoms with Crippen molar-refractivity contribution in [2.24, 2.45) is 4.99 Å². The van der Waals surface area contributed by atoms with Gasteiger partial charge in [0.25, 0.3) is 0 Å². The average Bonchev–Trinajstić information content (AvgIpc) is 3.06. The van der Waals surface area contributed by atoms with E-state index in [1.54, 1.807) is 0 Å². The largest absolute Gasteiger partial charge is 0.391 e. The van der Waals surface area contributed by atoms with E-state index in [4.69, 9.17) is 9.73 Å². The van der Waals surface area contributed by atoms with Gasteiger partial charge in [-0.15, -0.1) is 24.0 Å². The number of guanidine groups is 1. The molecular weight excluding hydrogens is 431 g/mol. The van der Waals surface area contributed by atoms with Gasteiger partial charge in [-0.2, -0.15) is 0 Å². The molecule has 1 aliphatic carbocycles. The average molecular weight is 466 g/mol. The van der Waals surface area contributed by atoms with E-state index in [1.165, 1.54) is 32.1 Å². The number of rotatable bonds is 4. The van der Waals surface area contributed by atoms with Gasteiger partial charge in [0.1, 0.15) is 0 Å². The Morgan fingerprint density at radius 1 is 1.20 bits per heavy atom. The van der Waals surface area contributed by atoms with Crippen molar-refractivity contribution in [2.45, 2.75) is 57.1 Å². The number of nitrogens with zero attached hydrogens (tertiary/aromatic N) is 3. The lowest BCUT2D eigenvalue weighted by Gasteiger charge is -2.47. The van der Waals surface area contributed by atoms with Crippen molar-refractivity contribution in [1.82, 2.24) is 15.1 Å². The summed E-state index contributed by atoms with van der Waals surface area (Å²) >= 11 is 0. The first-order chi connectivity index (χ1) is 11.7. The van der Waals surface area contributed by atoms with E-state index in [2.05, 4.69) is 22.0 Å². The first-order valence-corrected chi connectivity index (χ1v) is 9.78. The third-order valence-electron chi connectivity index (χ3n) is 5.79. The number of hydrogen-bond acceptors (Lipinski definition) is 4. The topological polar surface area (TPSA) is 60.3 Å². The molecule has 1 atom stereocenters. The van der Waals surface area contributed by atoms with Crippen LogP contribution < -0.4 is 5.32 Å². The first kappa shape index (κ1) is 21.2. The molecule has 7 heteroatoms. The number of halogens is 1. The molecule has 0 spiro atoms. The molecule has 0 aromatic heterocycles. The molecule has 2 aliphatic heterocycles. The van der Waals surface area contributed by atoms with Crippen LogP contribution in [0.15, 0.2) is 4.99 Å². The third kappa shape index (κ3) is 5.43. The lowest BCUT2D eigenvalue weighted by molar-refractivity contribution is -0.0334. The Kier molecular flexibility index (Phi) is 8.71. The van der Waals surface area contributed by atoms with E-state index >= 15 is 0 Å². The Hall–Kier alpha value is -0.120. The Bertz CT molecular complexity index is 423. The Morgan fingerprint density at radius 3 is 2.52 bits per heavy atom. The SMILES string of the molecule is CCNC(=NCC1(N2CCOCC2)CCCCC1)N1CC[C@@H](O)C1.I. The number of morpholine rings is 1. The van der Waals surface area contributed by atoms with Crippen molar-refractivity contribution in [3.8, 4) is 0 Å². The normalized spacial score (nSPS) is 27.8. The molecule has 1 saturated carbocycles. The van der Waals surface area contributed by atoms with Crippen LogP contribution in [0.4, 0.5) is 0 Å². The van der Waals surface area contributed by atoms with Crippen molar-refractivity contribution in [3.05, 3.63) is 0 Å². The standard InChI is InChI=1S/C18H34N4O2.HI/c1-2-19-17(21-9-6-16(23)14-21)20-15-18(7-4-3-5-8-18)22-10-12-24-13-11-22;/h16,23H,2-15H2,1H3,(H,19,20);1H/t16-;/m1./s1. The summed E-state index contributed by atoms with van der Waals surface area (Å²) < 4.78 is 5.57. The summed E-state index contributed by atoms with van der Waals surface area (Å²) in [4.78, 5) is 9.89. The van der Waals surface area contributed by atoms with Gasteiger partial charge in [-0.25, -0.2) is 0 Å². The summed E-state index contributed by atoms with van der Waals surface area (Å²) in [7, 11) is 0. The molecule has 25 heavy (non-hydrogen) atoms. The molecule has 0 amide bonds. The highest BCUT2D eigenvalue weighted by molar-refractivity contribution is 14.0. The van der Waals surface area contributed by atoms with Gasteiger partial charge in [0.15, 0.2) is 5.96 Å². The van der Waals surface area contributed by atoms with Crippen LogP contribution in [0, 0.1) is 0 Å². The zero-order valence-corrected chi connectivity index (χ0v) is 17.9. The summed E-state index contributed by atoms with van der Waals surface area (Å²) in [6.45, 7) is 9.23. The second-order valence-corrected chi connectivity index (χ2v) is 7.44. The van der Waals surface area contributed by atoms with E-state index in [0.29, 0.717) is 6.54 Å². The minimum Gasteiger partial charge on any atom is -0.391 e. The van der Waals surface area contributed by atoms with E-state index in [0.717, 1.165) is 58.3 Å². The van der Waals surface area contributed by atoms with Gasteiger partial charge in [0.05, 0.1) is 25.9 Å².